The van der Waals surface area contributed by atoms with Crippen LogP contribution in [0.15, 0.2) is 188 Å². The Morgan fingerprint density at radius 3 is 1.19 bits per heavy atom. The summed E-state index contributed by atoms with van der Waals surface area (Å²) in [6.07, 6.45) is 0. The van der Waals surface area contributed by atoms with Crippen LogP contribution in [0.25, 0.3) is 40.3 Å². The van der Waals surface area contributed by atoms with Gasteiger partial charge in [-0.05, 0) is 134 Å². The Morgan fingerprint density at radius 2 is 0.746 bits per heavy atom. The number of ether oxygens (including phenoxy) is 2. The lowest BCUT2D eigenvalue weighted by Gasteiger charge is -2.33. The summed E-state index contributed by atoms with van der Waals surface area (Å²) in [4.78, 5) is 4.68. The highest BCUT2D eigenvalue weighted by atomic mass is 32.1. The van der Waals surface area contributed by atoms with Crippen molar-refractivity contribution in [1.29, 1.82) is 0 Å². The van der Waals surface area contributed by atoms with Crippen molar-refractivity contribution in [3.63, 3.8) is 0 Å². The first-order valence-electron chi connectivity index (χ1n) is 21.3. The highest BCUT2D eigenvalue weighted by Gasteiger charge is 2.41. The highest BCUT2D eigenvalue weighted by Crippen LogP contribution is 2.45. The summed E-state index contributed by atoms with van der Waals surface area (Å²) in [5.41, 5.74) is 12.7. The lowest BCUT2D eigenvalue weighted by Crippen LogP contribution is -2.57. The summed E-state index contributed by atoms with van der Waals surface area (Å²) in [6, 6.07) is 68.1. The van der Waals surface area contributed by atoms with Crippen molar-refractivity contribution in [3.05, 3.63) is 199 Å². The average Bonchev–Trinajstić information content (AvgIpc) is 3.86. The van der Waals surface area contributed by atoms with E-state index in [1.807, 2.05) is 28.7 Å². The molecule has 13 rings (SSSR count). The van der Waals surface area contributed by atoms with E-state index in [2.05, 4.69) is 206 Å². The molecule has 0 atom stereocenters. The normalized spacial score (nSPS) is 12.5. The van der Waals surface area contributed by atoms with E-state index in [-0.39, 0.29) is 6.71 Å². The van der Waals surface area contributed by atoms with Crippen LogP contribution in [0.4, 0.5) is 34.1 Å². The van der Waals surface area contributed by atoms with Gasteiger partial charge in [-0.2, -0.15) is 0 Å². The molecule has 0 N–H and O–H groups in total. The van der Waals surface area contributed by atoms with E-state index in [1.54, 1.807) is 0 Å². The maximum Gasteiger partial charge on any atom is 0.260 e. The zero-order valence-electron chi connectivity index (χ0n) is 34.5. The predicted molar refractivity (Wildman–Crippen MR) is 269 cm³/mol. The van der Waals surface area contributed by atoms with Crippen molar-refractivity contribution >= 4 is 120 Å². The van der Waals surface area contributed by atoms with E-state index in [4.69, 9.17) is 9.47 Å². The molecule has 63 heavy (non-hydrogen) atoms. The number of hydrogen-bond acceptors (Lipinski definition) is 6. The van der Waals surface area contributed by atoms with Crippen molar-refractivity contribution in [3.8, 4) is 23.0 Å². The standard InChI is InChI=1S/C56H37BN2O2S2/c1-34-16-20-38(21-17-34)58(36-10-5-3-6-11-36)40-24-26-42-44-30-50-46(32-54(44)62-52(42)28-40)57-47-33-55-45(31-51(47)61-49-15-9-14-48(60-50)56(49)57)43-27-25-41(29-53(43)63-55)59(37-12-7-4-8-13-37)39-22-18-35(2)19-23-39/h3-33H,1-2H3. The molecule has 11 aromatic rings. The number of rotatable bonds is 6. The monoisotopic (exact) mass is 844 g/mol. The minimum atomic E-state index is -0.0377. The van der Waals surface area contributed by atoms with Gasteiger partial charge < -0.3 is 19.3 Å². The number of benzene rings is 9. The Morgan fingerprint density at radius 1 is 0.349 bits per heavy atom. The molecule has 2 aromatic heterocycles. The molecule has 2 aliphatic rings. The fourth-order valence-corrected chi connectivity index (χ4v) is 12.0. The van der Waals surface area contributed by atoms with Crippen molar-refractivity contribution < 1.29 is 9.47 Å². The number of para-hydroxylation sites is 2. The summed E-state index contributed by atoms with van der Waals surface area (Å²) in [6.45, 7) is 4.23. The topological polar surface area (TPSA) is 24.9 Å². The lowest BCUT2D eigenvalue weighted by atomic mass is 9.35. The van der Waals surface area contributed by atoms with Gasteiger partial charge in [-0.3, -0.25) is 0 Å². The average molecular weight is 845 g/mol. The summed E-state index contributed by atoms with van der Waals surface area (Å²) < 4.78 is 18.6. The van der Waals surface area contributed by atoms with Gasteiger partial charge >= 0.3 is 0 Å². The predicted octanol–water partition coefficient (Wildman–Crippen LogP) is 14.7. The van der Waals surface area contributed by atoms with Gasteiger partial charge in [0.15, 0.2) is 0 Å². The second-order valence-electron chi connectivity index (χ2n) is 16.7. The number of nitrogens with zero attached hydrogens (tertiary/aromatic N) is 2. The van der Waals surface area contributed by atoms with E-state index >= 15 is 0 Å². The van der Waals surface area contributed by atoms with E-state index in [0.717, 1.165) is 62.6 Å². The van der Waals surface area contributed by atoms with Crippen LogP contribution >= 0.6 is 22.7 Å². The Kier molecular flexibility index (Phi) is 8.14. The van der Waals surface area contributed by atoms with Crippen LogP contribution in [0.3, 0.4) is 0 Å². The molecule has 0 saturated carbocycles. The first-order valence-corrected chi connectivity index (χ1v) is 23.0. The van der Waals surface area contributed by atoms with Crippen molar-refractivity contribution in [2.24, 2.45) is 0 Å². The zero-order valence-corrected chi connectivity index (χ0v) is 36.1. The summed E-state index contributed by atoms with van der Waals surface area (Å²) in [7, 11) is 0. The number of fused-ring (bicyclic) bond motifs is 10. The molecule has 7 heteroatoms. The number of anilines is 6. The zero-order chi connectivity index (χ0) is 41.8. The minimum Gasteiger partial charge on any atom is -0.458 e. The molecule has 0 saturated heterocycles. The van der Waals surface area contributed by atoms with E-state index in [1.165, 1.54) is 62.4 Å². The van der Waals surface area contributed by atoms with Crippen LogP contribution in [-0.4, -0.2) is 6.71 Å². The van der Waals surface area contributed by atoms with Crippen LogP contribution in [0.1, 0.15) is 11.1 Å². The molecule has 9 aromatic carbocycles. The molecular weight excluding hydrogens is 808 g/mol. The first kappa shape index (κ1) is 36.3. The molecule has 0 aliphatic carbocycles. The third kappa shape index (κ3) is 5.88. The molecule has 0 bridgehead atoms. The fourth-order valence-electron chi connectivity index (χ4n) is 9.66. The Hall–Kier alpha value is -7.32. The van der Waals surface area contributed by atoms with E-state index < -0.39 is 0 Å². The second-order valence-corrected chi connectivity index (χ2v) is 18.8. The Labute approximate surface area is 373 Å². The molecule has 4 nitrogen and oxygen atoms in total. The number of hydrogen-bond donors (Lipinski definition) is 0. The SMILES string of the molecule is Cc1ccc(N(c2ccccc2)c2ccc3c(c2)sc2cc4c(cc23)Oc2cccc3c2B4c2cc4sc5cc(N(c6ccccc6)c6ccc(C)cc6)ccc5c4cc2O3)cc1. The molecule has 0 amide bonds. The molecule has 0 radical (unpaired) electrons. The molecule has 0 spiro atoms. The van der Waals surface area contributed by atoms with Gasteiger partial charge in [0.05, 0.1) is 0 Å². The van der Waals surface area contributed by atoms with Gasteiger partial charge in [-0.25, -0.2) is 0 Å². The van der Waals surface area contributed by atoms with Gasteiger partial charge in [0.1, 0.15) is 23.0 Å². The van der Waals surface area contributed by atoms with Gasteiger partial charge in [0.2, 0.25) is 0 Å². The number of aryl methyl sites for hydroxylation is 2. The summed E-state index contributed by atoms with van der Waals surface area (Å²) in [5.74, 6) is 3.51. The molecule has 298 valence electrons. The van der Waals surface area contributed by atoms with Crippen molar-refractivity contribution in [2.45, 2.75) is 13.8 Å². The largest absolute Gasteiger partial charge is 0.458 e. The van der Waals surface area contributed by atoms with Gasteiger partial charge in [0, 0.05) is 79.9 Å². The maximum atomic E-state index is 6.82. The third-order valence-corrected chi connectivity index (χ3v) is 14.9. The fraction of sp³-hybridized carbons (Fsp3) is 0.0357. The van der Waals surface area contributed by atoms with Crippen molar-refractivity contribution in [2.75, 3.05) is 9.80 Å². The van der Waals surface area contributed by atoms with Crippen molar-refractivity contribution in [1.82, 2.24) is 0 Å². The second kappa shape index (κ2) is 14.1. The van der Waals surface area contributed by atoms with Crippen LogP contribution < -0.4 is 35.7 Å². The van der Waals surface area contributed by atoms with Crippen LogP contribution in [0, 0.1) is 13.8 Å². The van der Waals surface area contributed by atoms with E-state index in [0.29, 0.717) is 0 Å². The van der Waals surface area contributed by atoms with Crippen LogP contribution in [0.2, 0.25) is 0 Å². The lowest BCUT2D eigenvalue weighted by molar-refractivity contribution is 0.465. The quantitative estimate of drug-likeness (QED) is 0.156. The minimum absolute atomic E-state index is 0.0377. The maximum absolute atomic E-state index is 6.82. The van der Waals surface area contributed by atoms with Gasteiger partial charge in [-0.1, -0.05) is 90.0 Å². The van der Waals surface area contributed by atoms with E-state index in [9.17, 15) is 0 Å². The highest BCUT2D eigenvalue weighted by molar-refractivity contribution is 7.26. The molecule has 2 aliphatic heterocycles. The smallest absolute Gasteiger partial charge is 0.260 e. The Balaban J connectivity index is 0.935. The number of thiophene rings is 2. The Bertz CT molecular complexity index is 3370. The van der Waals surface area contributed by atoms with Crippen LogP contribution in [-0.2, 0) is 0 Å². The molecule has 0 fully saturated rings. The van der Waals surface area contributed by atoms with Gasteiger partial charge in [0.25, 0.3) is 6.71 Å². The van der Waals surface area contributed by atoms with Gasteiger partial charge in [-0.15, -0.1) is 22.7 Å². The summed E-state index contributed by atoms with van der Waals surface area (Å²) >= 11 is 3.69. The summed E-state index contributed by atoms with van der Waals surface area (Å²) in [5, 5.41) is 4.88. The molecule has 4 heterocycles. The first-order chi connectivity index (χ1) is 31.0. The third-order valence-electron chi connectivity index (χ3n) is 12.7. The molecule has 0 unspecified atom stereocenters. The van der Waals surface area contributed by atoms with Crippen LogP contribution in [0.5, 0.6) is 23.0 Å². The molecular formula is C56H37BN2O2S2.